The van der Waals surface area contributed by atoms with E-state index in [1.807, 2.05) is 104 Å². The van der Waals surface area contributed by atoms with Gasteiger partial charge in [-0.15, -0.1) is 0 Å². The van der Waals surface area contributed by atoms with Crippen molar-refractivity contribution in [2.24, 2.45) is 4.99 Å². The van der Waals surface area contributed by atoms with E-state index in [1.165, 1.54) is 16.9 Å². The van der Waals surface area contributed by atoms with Gasteiger partial charge >= 0.3 is 0 Å². The summed E-state index contributed by atoms with van der Waals surface area (Å²) in [5.41, 5.74) is 5.30. The number of para-hydroxylation sites is 1. The Morgan fingerprint density at radius 3 is 2.38 bits per heavy atom. The van der Waals surface area contributed by atoms with Crippen molar-refractivity contribution in [2.45, 2.75) is 39.3 Å². The molecule has 1 N–H and O–H groups in total. The van der Waals surface area contributed by atoms with Crippen molar-refractivity contribution in [3.63, 3.8) is 0 Å². The second-order valence-electron chi connectivity index (χ2n) is 11.2. The van der Waals surface area contributed by atoms with Crippen LogP contribution in [0, 0.1) is 0 Å². The number of nitrogens with zero attached hydrogens (tertiary/aromatic N) is 2. The number of carbonyl (C=O) groups excluding carboxylic acids is 1. The maximum absolute atomic E-state index is 14.3. The van der Waals surface area contributed by atoms with Gasteiger partial charge in [0, 0.05) is 15.7 Å². The Morgan fingerprint density at radius 2 is 1.69 bits per heavy atom. The van der Waals surface area contributed by atoms with Gasteiger partial charge in [-0.3, -0.25) is 14.2 Å². The maximum atomic E-state index is 14.3. The van der Waals surface area contributed by atoms with Gasteiger partial charge in [0.05, 0.1) is 21.8 Å². The van der Waals surface area contributed by atoms with Gasteiger partial charge in [0.15, 0.2) is 4.80 Å². The van der Waals surface area contributed by atoms with Crippen molar-refractivity contribution >= 4 is 44.9 Å². The molecule has 1 aromatic heterocycles. The number of thiazole rings is 1. The molecule has 226 valence electrons. The average molecular weight is 679 g/mol. The molecule has 1 aliphatic heterocycles. The molecular formula is C37H32BrN3O3S. The Morgan fingerprint density at radius 1 is 1.00 bits per heavy atom. The number of halogens is 1. The van der Waals surface area contributed by atoms with Crippen molar-refractivity contribution in [1.82, 2.24) is 4.57 Å². The van der Waals surface area contributed by atoms with Crippen molar-refractivity contribution in [2.75, 3.05) is 5.32 Å². The van der Waals surface area contributed by atoms with Crippen LogP contribution in [0.15, 0.2) is 129 Å². The Labute approximate surface area is 274 Å². The molecule has 1 aliphatic rings. The van der Waals surface area contributed by atoms with Gasteiger partial charge in [0.25, 0.3) is 11.5 Å². The number of allylic oxidation sites excluding steroid dienone is 1. The summed E-state index contributed by atoms with van der Waals surface area (Å²) in [7, 11) is 0. The molecule has 2 heterocycles. The molecule has 0 aliphatic carbocycles. The van der Waals surface area contributed by atoms with Crippen LogP contribution < -0.4 is 24.9 Å². The molecule has 0 radical (unpaired) electrons. The van der Waals surface area contributed by atoms with Crippen LogP contribution >= 0.6 is 27.3 Å². The molecule has 45 heavy (non-hydrogen) atoms. The fraction of sp³-hybridized carbons (Fsp3) is 0.162. The quantitative estimate of drug-likeness (QED) is 0.187. The van der Waals surface area contributed by atoms with Gasteiger partial charge in [0.1, 0.15) is 12.4 Å². The van der Waals surface area contributed by atoms with E-state index in [0.717, 1.165) is 21.2 Å². The zero-order chi connectivity index (χ0) is 31.5. The van der Waals surface area contributed by atoms with E-state index in [1.54, 1.807) is 4.57 Å². The second kappa shape index (κ2) is 13.2. The highest BCUT2D eigenvalue weighted by atomic mass is 79.9. The monoisotopic (exact) mass is 677 g/mol. The third-order valence-corrected chi connectivity index (χ3v) is 9.19. The minimum absolute atomic E-state index is 0.219. The summed E-state index contributed by atoms with van der Waals surface area (Å²) in [4.78, 5) is 33.4. The number of nitrogens with one attached hydrogen (secondary N) is 1. The van der Waals surface area contributed by atoms with Crippen LogP contribution in [0.1, 0.15) is 55.0 Å². The molecule has 0 bridgehead atoms. The molecule has 4 aromatic carbocycles. The van der Waals surface area contributed by atoms with Crippen LogP contribution in [0.3, 0.4) is 0 Å². The third kappa shape index (κ3) is 6.62. The molecular weight excluding hydrogens is 646 g/mol. The molecule has 6 nitrogen and oxygen atoms in total. The number of amides is 1. The summed E-state index contributed by atoms with van der Waals surface area (Å²) in [6.45, 7) is 6.51. The highest BCUT2D eigenvalue weighted by Gasteiger charge is 2.32. The molecule has 0 spiro atoms. The molecule has 6 rings (SSSR count). The summed E-state index contributed by atoms with van der Waals surface area (Å²) >= 11 is 4.88. The summed E-state index contributed by atoms with van der Waals surface area (Å²) in [5.74, 6) is 0.716. The lowest BCUT2D eigenvalue weighted by molar-refractivity contribution is -0.113. The molecule has 0 fully saturated rings. The van der Waals surface area contributed by atoms with E-state index in [9.17, 15) is 9.59 Å². The van der Waals surface area contributed by atoms with Crippen LogP contribution in [-0.2, 0) is 11.4 Å². The zero-order valence-corrected chi connectivity index (χ0v) is 27.6. The fourth-order valence-corrected chi connectivity index (χ4v) is 6.77. The first-order valence-corrected chi connectivity index (χ1v) is 16.3. The number of hydrogen-bond donors (Lipinski definition) is 1. The highest BCUT2D eigenvalue weighted by molar-refractivity contribution is 9.10. The first-order chi connectivity index (χ1) is 21.8. The summed E-state index contributed by atoms with van der Waals surface area (Å²) in [5, 5.41) is 3.01. The minimum atomic E-state index is -0.648. The van der Waals surface area contributed by atoms with Gasteiger partial charge in [-0.2, -0.15) is 0 Å². The van der Waals surface area contributed by atoms with Gasteiger partial charge in [0.2, 0.25) is 0 Å². The van der Waals surface area contributed by atoms with Crippen molar-refractivity contribution in [3.8, 4) is 5.75 Å². The lowest BCUT2D eigenvalue weighted by Gasteiger charge is -2.25. The fourth-order valence-electron chi connectivity index (χ4n) is 5.35. The van der Waals surface area contributed by atoms with E-state index in [-0.39, 0.29) is 11.5 Å². The lowest BCUT2D eigenvalue weighted by Crippen LogP contribution is -2.40. The summed E-state index contributed by atoms with van der Waals surface area (Å²) in [6, 6.07) is 32.5. The maximum Gasteiger partial charge on any atom is 0.271 e. The van der Waals surface area contributed by atoms with Crippen LogP contribution in [0.2, 0.25) is 0 Å². The Kier molecular flexibility index (Phi) is 8.96. The van der Waals surface area contributed by atoms with Gasteiger partial charge in [-0.25, -0.2) is 4.99 Å². The molecule has 0 saturated heterocycles. The van der Waals surface area contributed by atoms with Gasteiger partial charge in [-0.1, -0.05) is 114 Å². The Balaban J connectivity index is 1.45. The van der Waals surface area contributed by atoms with Crippen LogP contribution in [-0.4, -0.2) is 10.5 Å². The van der Waals surface area contributed by atoms with Crippen LogP contribution in [0.5, 0.6) is 5.75 Å². The number of carbonyl (C=O) groups is 1. The van der Waals surface area contributed by atoms with E-state index in [2.05, 4.69) is 47.2 Å². The molecule has 1 atom stereocenters. The number of rotatable bonds is 8. The molecule has 5 aromatic rings. The third-order valence-electron chi connectivity index (χ3n) is 7.71. The molecule has 1 amide bonds. The Bertz CT molecular complexity index is 2070. The van der Waals surface area contributed by atoms with Crippen molar-refractivity contribution < 1.29 is 9.53 Å². The summed E-state index contributed by atoms with van der Waals surface area (Å²) < 4.78 is 9.21. The molecule has 0 unspecified atom stereocenters. The second-order valence-corrected chi connectivity index (χ2v) is 13.1. The molecule has 8 heteroatoms. The lowest BCUT2D eigenvalue weighted by atomic mass is 9.93. The van der Waals surface area contributed by atoms with Crippen LogP contribution in [0.4, 0.5) is 5.69 Å². The highest BCUT2D eigenvalue weighted by Crippen LogP contribution is 2.32. The average Bonchev–Trinajstić information content (AvgIpc) is 3.34. The molecule has 0 saturated carbocycles. The zero-order valence-electron chi connectivity index (χ0n) is 25.2. The normalized spacial score (nSPS) is 14.7. The SMILES string of the molecule is CC1=C(C(=O)Nc2ccccc2)[C@H](c2ccc(C(C)C)cc2)n2c(s/c(=C\c3cc(Br)ccc3OCc3ccccc3)c2=O)=N1. The smallest absolute Gasteiger partial charge is 0.271 e. The first kappa shape index (κ1) is 30.5. The Hall–Kier alpha value is -4.53. The minimum Gasteiger partial charge on any atom is -0.488 e. The standard InChI is InChI=1S/C37H32BrN3O3S/c1-23(2)26-14-16-27(17-15-26)34-33(35(42)40-30-12-8-5-9-13-30)24(3)39-37-41(34)36(43)32(45-37)21-28-20-29(38)18-19-31(28)44-22-25-10-6-4-7-11-25/h4-21,23,34H,22H2,1-3H3,(H,40,42)/b32-21-/t34-/m0/s1. The number of fused-ring (bicyclic) bond motifs is 1. The first-order valence-electron chi connectivity index (χ1n) is 14.7. The van der Waals surface area contributed by atoms with Gasteiger partial charge in [-0.05, 0) is 65.9 Å². The van der Waals surface area contributed by atoms with E-state index in [0.29, 0.717) is 44.6 Å². The predicted octanol–water partition coefficient (Wildman–Crippen LogP) is 7.34. The van der Waals surface area contributed by atoms with E-state index >= 15 is 0 Å². The number of anilines is 1. The predicted molar refractivity (Wildman–Crippen MR) is 184 cm³/mol. The van der Waals surface area contributed by atoms with Crippen LogP contribution in [0.25, 0.3) is 6.08 Å². The van der Waals surface area contributed by atoms with E-state index in [4.69, 9.17) is 9.73 Å². The number of aromatic nitrogens is 1. The largest absolute Gasteiger partial charge is 0.488 e. The number of ether oxygens (including phenoxy) is 1. The summed E-state index contributed by atoms with van der Waals surface area (Å²) in [6.07, 6.45) is 1.84. The van der Waals surface area contributed by atoms with Gasteiger partial charge < -0.3 is 10.1 Å². The topological polar surface area (TPSA) is 72.7 Å². The number of hydrogen-bond acceptors (Lipinski definition) is 5. The van der Waals surface area contributed by atoms with E-state index < -0.39 is 6.04 Å². The number of benzene rings is 4. The van der Waals surface area contributed by atoms with Crippen molar-refractivity contribution in [1.29, 1.82) is 0 Å². The van der Waals surface area contributed by atoms with Crippen molar-refractivity contribution in [3.05, 3.63) is 161 Å².